The Kier molecular flexibility index (Phi) is 5.96. The number of aromatic nitrogens is 5. The Labute approximate surface area is 185 Å². The molecule has 0 bridgehead atoms. The Balaban J connectivity index is 1.81. The molecule has 32 heavy (non-hydrogen) atoms. The molecule has 162 valence electrons. The zero-order valence-electron chi connectivity index (χ0n) is 18.4. The summed E-state index contributed by atoms with van der Waals surface area (Å²) >= 11 is 0. The van der Waals surface area contributed by atoms with Crippen molar-refractivity contribution in [3.63, 3.8) is 0 Å². The van der Waals surface area contributed by atoms with E-state index >= 15 is 0 Å². The summed E-state index contributed by atoms with van der Waals surface area (Å²) in [6.07, 6.45) is 6.35. The van der Waals surface area contributed by atoms with Crippen molar-refractivity contribution < 1.29 is 4.79 Å². The number of nitrogens with zero attached hydrogens (tertiary/aromatic N) is 9. The first kappa shape index (κ1) is 21.2. The first-order valence-electron chi connectivity index (χ1n) is 10.4. The lowest BCUT2D eigenvalue weighted by molar-refractivity contribution is 0.562. The van der Waals surface area contributed by atoms with Gasteiger partial charge in [0.15, 0.2) is 0 Å². The van der Waals surface area contributed by atoms with Crippen molar-refractivity contribution in [1.82, 2.24) is 24.8 Å². The number of benzene rings is 1. The third-order valence-electron chi connectivity index (χ3n) is 5.28. The van der Waals surface area contributed by atoms with Crippen LogP contribution in [-0.2, 0) is 4.79 Å². The van der Waals surface area contributed by atoms with E-state index in [9.17, 15) is 4.79 Å². The smallest absolute Gasteiger partial charge is 0.235 e. The molecule has 10 nitrogen and oxygen atoms in total. The van der Waals surface area contributed by atoms with Gasteiger partial charge in [0.2, 0.25) is 17.7 Å². The molecule has 4 rings (SSSR count). The highest BCUT2D eigenvalue weighted by atomic mass is 16.1. The molecule has 0 saturated heterocycles. The maximum Gasteiger partial charge on any atom is 0.235 e. The van der Waals surface area contributed by atoms with Crippen LogP contribution in [-0.4, -0.2) is 61.5 Å². The molecule has 1 atom stereocenters. The molecule has 0 fully saturated rings. The van der Waals surface area contributed by atoms with E-state index in [1.54, 1.807) is 36.3 Å². The minimum absolute atomic E-state index is 0.437. The van der Waals surface area contributed by atoms with E-state index in [1.807, 2.05) is 19.1 Å². The minimum atomic E-state index is -0.544. The minimum Gasteiger partial charge on any atom is -0.372 e. The number of anilines is 1. The number of isocyanates is 1. The number of hydrogen-bond acceptors (Lipinski definition) is 9. The number of fused-ring (bicyclic) bond motifs is 1. The third-order valence-corrected chi connectivity index (χ3v) is 5.28. The summed E-state index contributed by atoms with van der Waals surface area (Å²) in [5.41, 5.74) is 4.49. The predicted octanol–water partition coefficient (Wildman–Crippen LogP) is 2.95. The Morgan fingerprint density at radius 2 is 1.94 bits per heavy atom. The lowest BCUT2D eigenvalue weighted by Gasteiger charge is -2.21. The Bertz CT molecular complexity index is 1240. The molecule has 10 heteroatoms. The maximum atomic E-state index is 10.9. The standard InChI is InChI=1S/C22H23N9O/c1-5-30(6-2)16-7-8-17(14(3)11-16)26-20-19(15(4)25-13-32)29-31-21(27-28-22(20)31)18-12-23-9-10-24-18/h7-12,15H,5-6H2,1-4H3/b26-20-. The largest absolute Gasteiger partial charge is 0.372 e. The Morgan fingerprint density at radius 1 is 1.16 bits per heavy atom. The average Bonchev–Trinajstić information content (AvgIpc) is 3.37. The van der Waals surface area contributed by atoms with Crippen LogP contribution in [0.3, 0.4) is 0 Å². The van der Waals surface area contributed by atoms with Crippen molar-refractivity contribution in [3.8, 4) is 11.5 Å². The number of carbonyl (C=O) groups excluding carboxylic acids is 1. The average molecular weight is 429 g/mol. The van der Waals surface area contributed by atoms with Crippen molar-refractivity contribution >= 4 is 28.9 Å². The summed E-state index contributed by atoms with van der Waals surface area (Å²) < 4.78 is 1.56. The summed E-state index contributed by atoms with van der Waals surface area (Å²) in [7, 11) is 0. The number of aryl methyl sites for hydroxylation is 1. The summed E-state index contributed by atoms with van der Waals surface area (Å²) in [5.74, 6) is 0.896. The van der Waals surface area contributed by atoms with E-state index in [4.69, 9.17) is 4.99 Å². The summed E-state index contributed by atoms with van der Waals surface area (Å²) in [5, 5.41) is 13.1. The molecule has 0 saturated carbocycles. The fraction of sp³-hybridized carbons (Fsp3) is 0.318. The SMILES string of the molecule is CCN(CC)c1ccc(/N=C2/C(C(C)N=C=O)=Nn3c2nnc3-c2cnccn2)c(C)c1. The number of aliphatic imine (C=N–C) groups is 2. The van der Waals surface area contributed by atoms with E-state index in [2.05, 4.69) is 55.1 Å². The van der Waals surface area contributed by atoms with Crippen LogP contribution in [0.5, 0.6) is 0 Å². The van der Waals surface area contributed by atoms with Crippen LogP contribution in [0.2, 0.25) is 0 Å². The zero-order chi connectivity index (χ0) is 22.7. The van der Waals surface area contributed by atoms with Crippen molar-refractivity contribution in [3.05, 3.63) is 48.2 Å². The zero-order valence-corrected chi connectivity index (χ0v) is 18.4. The summed E-state index contributed by atoms with van der Waals surface area (Å²) in [6, 6.07) is 5.59. The quantitative estimate of drug-likeness (QED) is 0.421. The molecule has 0 aliphatic carbocycles. The topological polar surface area (TPSA) is 114 Å². The fourth-order valence-electron chi connectivity index (χ4n) is 3.57. The molecule has 1 aliphatic heterocycles. The molecule has 2 aromatic heterocycles. The van der Waals surface area contributed by atoms with Crippen LogP contribution < -0.4 is 4.90 Å². The molecule has 1 unspecified atom stereocenters. The Hall–Kier alpha value is -4.04. The monoisotopic (exact) mass is 429 g/mol. The predicted molar refractivity (Wildman–Crippen MR) is 122 cm³/mol. The molecule has 0 spiro atoms. The normalized spacial score (nSPS) is 14.6. The highest BCUT2D eigenvalue weighted by Gasteiger charge is 2.32. The highest BCUT2D eigenvalue weighted by molar-refractivity contribution is 6.50. The van der Waals surface area contributed by atoms with Crippen LogP contribution in [0.25, 0.3) is 11.5 Å². The van der Waals surface area contributed by atoms with Crippen molar-refractivity contribution in [2.45, 2.75) is 33.7 Å². The van der Waals surface area contributed by atoms with Crippen molar-refractivity contribution in [2.24, 2.45) is 15.1 Å². The lowest BCUT2D eigenvalue weighted by Crippen LogP contribution is -2.23. The van der Waals surface area contributed by atoms with Crippen LogP contribution >= 0.6 is 0 Å². The van der Waals surface area contributed by atoms with Crippen LogP contribution in [0.4, 0.5) is 11.4 Å². The first-order valence-corrected chi connectivity index (χ1v) is 10.4. The van der Waals surface area contributed by atoms with Gasteiger partial charge in [0.25, 0.3) is 0 Å². The van der Waals surface area contributed by atoms with Gasteiger partial charge < -0.3 is 4.90 Å². The molecule has 0 N–H and O–H groups in total. The van der Waals surface area contributed by atoms with Crippen LogP contribution in [0.15, 0.2) is 51.9 Å². The second-order valence-electron chi connectivity index (χ2n) is 7.23. The van der Waals surface area contributed by atoms with Gasteiger partial charge in [-0.3, -0.25) is 4.98 Å². The van der Waals surface area contributed by atoms with E-state index in [0.717, 1.165) is 30.0 Å². The van der Waals surface area contributed by atoms with Gasteiger partial charge in [0, 0.05) is 31.2 Å². The maximum absolute atomic E-state index is 10.9. The lowest BCUT2D eigenvalue weighted by atomic mass is 10.1. The second-order valence-corrected chi connectivity index (χ2v) is 7.23. The fourth-order valence-corrected chi connectivity index (χ4v) is 3.57. The van der Waals surface area contributed by atoms with Crippen LogP contribution in [0.1, 0.15) is 32.2 Å². The van der Waals surface area contributed by atoms with E-state index < -0.39 is 6.04 Å². The van der Waals surface area contributed by atoms with Crippen molar-refractivity contribution in [1.29, 1.82) is 0 Å². The van der Waals surface area contributed by atoms with E-state index in [1.165, 1.54) is 0 Å². The highest BCUT2D eigenvalue weighted by Crippen LogP contribution is 2.28. The van der Waals surface area contributed by atoms with Gasteiger partial charge in [-0.1, -0.05) is 0 Å². The van der Waals surface area contributed by atoms with Gasteiger partial charge in [-0.15, -0.1) is 10.2 Å². The van der Waals surface area contributed by atoms with E-state index in [-0.39, 0.29) is 0 Å². The van der Waals surface area contributed by atoms with Gasteiger partial charge in [0.05, 0.1) is 11.9 Å². The first-order chi connectivity index (χ1) is 15.6. The second kappa shape index (κ2) is 8.99. The van der Waals surface area contributed by atoms with E-state index in [0.29, 0.717) is 28.8 Å². The third kappa shape index (κ3) is 3.83. The van der Waals surface area contributed by atoms with Gasteiger partial charge in [-0.2, -0.15) is 14.8 Å². The van der Waals surface area contributed by atoms with Gasteiger partial charge >= 0.3 is 0 Å². The number of rotatable bonds is 7. The molecule has 0 radical (unpaired) electrons. The summed E-state index contributed by atoms with van der Waals surface area (Å²) in [4.78, 5) is 30.2. The molecule has 3 aromatic rings. The van der Waals surface area contributed by atoms with Crippen LogP contribution in [0, 0.1) is 6.92 Å². The molecule has 3 heterocycles. The Morgan fingerprint density at radius 3 is 2.59 bits per heavy atom. The molecule has 1 aliphatic rings. The molecular formula is C22H23N9O. The molecule has 1 aromatic carbocycles. The molecule has 0 amide bonds. The number of hydrogen-bond donors (Lipinski definition) is 0. The van der Waals surface area contributed by atoms with Gasteiger partial charge in [0.1, 0.15) is 23.2 Å². The van der Waals surface area contributed by atoms with Gasteiger partial charge in [-0.05, 0) is 51.5 Å². The van der Waals surface area contributed by atoms with Gasteiger partial charge in [-0.25, -0.2) is 14.8 Å². The summed E-state index contributed by atoms with van der Waals surface area (Å²) in [6.45, 7) is 9.89. The molecular weight excluding hydrogens is 406 g/mol. The van der Waals surface area contributed by atoms with Crippen molar-refractivity contribution in [2.75, 3.05) is 18.0 Å².